The quantitative estimate of drug-likeness (QED) is 0.311. The highest BCUT2D eigenvalue weighted by Gasteiger charge is 2.30. The summed E-state index contributed by atoms with van der Waals surface area (Å²) in [6, 6.07) is 7.92. The molecule has 1 heterocycles. The van der Waals surface area contributed by atoms with Crippen LogP contribution in [-0.4, -0.2) is 24.2 Å². The first kappa shape index (κ1) is 23.8. The molecule has 1 aromatic heterocycles. The minimum absolute atomic E-state index is 0.0672. The van der Waals surface area contributed by atoms with Crippen LogP contribution in [0.2, 0.25) is 10.0 Å². The topological polar surface area (TPSA) is 75.6 Å². The van der Waals surface area contributed by atoms with Crippen LogP contribution in [-0.2, 0) is 17.4 Å². The van der Waals surface area contributed by atoms with E-state index in [2.05, 4.69) is 20.8 Å². The van der Waals surface area contributed by atoms with E-state index in [1.54, 1.807) is 17.5 Å². The molecule has 0 saturated heterocycles. The number of methoxy groups -OCH3 is 1. The molecule has 32 heavy (non-hydrogen) atoms. The monoisotopic (exact) mass is 502 g/mol. The largest absolute Gasteiger partial charge is 0.494 e. The van der Waals surface area contributed by atoms with Crippen LogP contribution in [0.1, 0.15) is 16.8 Å². The van der Waals surface area contributed by atoms with Gasteiger partial charge in [-0.15, -0.1) is 11.3 Å². The lowest BCUT2D eigenvalue weighted by atomic mass is 10.2. The molecule has 0 bridgehead atoms. The van der Waals surface area contributed by atoms with Crippen molar-refractivity contribution in [3.63, 3.8) is 0 Å². The molecule has 3 rings (SSSR count). The molecule has 0 fully saturated rings. The fraction of sp³-hybridized carbons (Fsp3) is 0.150. The summed E-state index contributed by atoms with van der Waals surface area (Å²) in [6.07, 6.45) is -3.13. The molecule has 6 nitrogen and oxygen atoms in total. The Morgan fingerprint density at radius 1 is 1.25 bits per heavy atom. The number of carbonyl (C=O) groups is 1. The standard InChI is InChI=1S/C20H15Cl2F3N4O2S/c1-31-18-15(21)5-11(6-16(18)22)9-26-29-17(30)8-14-10-32-19(28-14)27-13-4-2-3-12(7-13)20(23,24)25/h2-7,9-10H,8H2,1H3,(H,27,28)(H,29,30)/b26-9-. The van der Waals surface area contributed by atoms with E-state index in [0.717, 1.165) is 23.5 Å². The van der Waals surface area contributed by atoms with Crippen LogP contribution in [0.15, 0.2) is 46.9 Å². The summed E-state index contributed by atoms with van der Waals surface area (Å²) in [4.78, 5) is 16.3. The zero-order chi connectivity index (χ0) is 23.3. The molecule has 3 aromatic rings. The van der Waals surface area contributed by atoms with E-state index in [1.807, 2.05) is 0 Å². The predicted molar refractivity (Wildman–Crippen MR) is 119 cm³/mol. The molecule has 0 unspecified atom stereocenters. The van der Waals surface area contributed by atoms with Gasteiger partial charge in [0, 0.05) is 11.1 Å². The first-order valence-electron chi connectivity index (χ1n) is 8.89. The van der Waals surface area contributed by atoms with Gasteiger partial charge in [0.15, 0.2) is 10.9 Å². The summed E-state index contributed by atoms with van der Waals surface area (Å²) in [7, 11) is 1.44. The third-order valence-corrected chi connectivity index (χ3v) is 5.33. The molecule has 12 heteroatoms. The third kappa shape index (κ3) is 6.35. The number of hydrazone groups is 1. The third-order valence-electron chi connectivity index (χ3n) is 3.96. The van der Waals surface area contributed by atoms with Gasteiger partial charge < -0.3 is 10.1 Å². The molecular formula is C20H15Cl2F3N4O2S. The van der Waals surface area contributed by atoms with Crippen molar-refractivity contribution in [2.24, 2.45) is 5.10 Å². The van der Waals surface area contributed by atoms with Gasteiger partial charge in [0.05, 0.1) is 41.0 Å². The highest BCUT2D eigenvalue weighted by Crippen LogP contribution is 2.33. The first-order chi connectivity index (χ1) is 15.2. The number of anilines is 2. The SMILES string of the molecule is COc1c(Cl)cc(/C=N\NC(=O)Cc2csc(Nc3cccc(C(F)(F)F)c3)n2)cc1Cl. The number of aromatic nitrogens is 1. The summed E-state index contributed by atoms with van der Waals surface area (Å²) in [6.45, 7) is 0. The predicted octanol–water partition coefficient (Wildman–Crippen LogP) is 5.91. The average molecular weight is 503 g/mol. The van der Waals surface area contributed by atoms with Crippen molar-refractivity contribution in [1.29, 1.82) is 0 Å². The molecule has 0 saturated carbocycles. The minimum Gasteiger partial charge on any atom is -0.494 e. The number of amides is 1. The number of benzene rings is 2. The van der Waals surface area contributed by atoms with Gasteiger partial charge in [-0.25, -0.2) is 10.4 Å². The van der Waals surface area contributed by atoms with Gasteiger partial charge in [-0.2, -0.15) is 18.3 Å². The normalized spacial score (nSPS) is 11.6. The average Bonchev–Trinajstić information content (AvgIpc) is 3.14. The van der Waals surface area contributed by atoms with Crippen LogP contribution in [0.25, 0.3) is 0 Å². The van der Waals surface area contributed by atoms with E-state index in [1.165, 1.54) is 25.5 Å². The fourth-order valence-electron chi connectivity index (χ4n) is 2.57. The lowest BCUT2D eigenvalue weighted by Gasteiger charge is -2.08. The van der Waals surface area contributed by atoms with Gasteiger partial charge in [0.2, 0.25) is 5.91 Å². The molecule has 2 aromatic carbocycles. The maximum atomic E-state index is 12.8. The minimum atomic E-state index is -4.44. The Bertz CT molecular complexity index is 1130. The zero-order valence-corrected chi connectivity index (χ0v) is 18.7. The molecule has 0 radical (unpaired) electrons. The number of halogens is 5. The van der Waals surface area contributed by atoms with Gasteiger partial charge in [-0.1, -0.05) is 29.3 Å². The molecule has 0 atom stereocenters. The van der Waals surface area contributed by atoms with Gasteiger partial charge in [0.25, 0.3) is 0 Å². The Morgan fingerprint density at radius 2 is 1.97 bits per heavy atom. The van der Waals surface area contributed by atoms with Gasteiger partial charge in [0.1, 0.15) is 0 Å². The number of ether oxygens (including phenoxy) is 1. The smallest absolute Gasteiger partial charge is 0.416 e. The van der Waals surface area contributed by atoms with E-state index in [-0.39, 0.29) is 12.1 Å². The number of hydrogen-bond acceptors (Lipinski definition) is 6. The van der Waals surface area contributed by atoms with Crippen LogP contribution in [0.4, 0.5) is 24.0 Å². The van der Waals surface area contributed by atoms with Crippen LogP contribution < -0.4 is 15.5 Å². The van der Waals surface area contributed by atoms with Crippen molar-refractivity contribution in [3.8, 4) is 5.75 Å². The Morgan fingerprint density at radius 3 is 2.62 bits per heavy atom. The number of rotatable bonds is 7. The summed E-state index contributed by atoms with van der Waals surface area (Å²) in [5, 5.41) is 9.25. The van der Waals surface area contributed by atoms with Crippen LogP contribution in [0.3, 0.4) is 0 Å². The Balaban J connectivity index is 1.56. The van der Waals surface area contributed by atoms with Crippen LogP contribution in [0, 0.1) is 0 Å². The first-order valence-corrected chi connectivity index (χ1v) is 10.5. The van der Waals surface area contributed by atoms with Gasteiger partial charge in [-0.3, -0.25) is 4.79 Å². The lowest BCUT2D eigenvalue weighted by Crippen LogP contribution is -2.19. The second-order valence-corrected chi connectivity index (χ2v) is 8.01. The number of carbonyl (C=O) groups excluding carboxylic acids is 1. The molecule has 0 aliphatic rings. The second-order valence-electron chi connectivity index (χ2n) is 6.34. The van der Waals surface area contributed by atoms with Crippen LogP contribution >= 0.6 is 34.5 Å². The number of nitrogens with one attached hydrogen (secondary N) is 2. The van der Waals surface area contributed by atoms with E-state index in [4.69, 9.17) is 27.9 Å². The molecule has 168 valence electrons. The highest BCUT2D eigenvalue weighted by atomic mass is 35.5. The number of thiazole rings is 1. The summed E-state index contributed by atoms with van der Waals surface area (Å²) in [5.41, 5.74) is 2.83. The molecule has 1 amide bonds. The maximum absolute atomic E-state index is 12.8. The van der Waals surface area contributed by atoms with Crippen molar-refractivity contribution in [2.45, 2.75) is 12.6 Å². The van der Waals surface area contributed by atoms with Gasteiger partial charge in [-0.05, 0) is 35.9 Å². The van der Waals surface area contributed by atoms with Crippen molar-refractivity contribution in [2.75, 3.05) is 12.4 Å². The molecule has 0 spiro atoms. The van der Waals surface area contributed by atoms with E-state index < -0.39 is 17.6 Å². The summed E-state index contributed by atoms with van der Waals surface area (Å²) < 4.78 is 43.5. The van der Waals surface area contributed by atoms with Gasteiger partial charge >= 0.3 is 6.18 Å². The van der Waals surface area contributed by atoms with Crippen molar-refractivity contribution in [1.82, 2.24) is 10.4 Å². The molecule has 0 aliphatic carbocycles. The summed E-state index contributed by atoms with van der Waals surface area (Å²) in [5.74, 6) is -0.0875. The zero-order valence-electron chi connectivity index (χ0n) is 16.3. The highest BCUT2D eigenvalue weighted by molar-refractivity contribution is 7.13. The fourth-order valence-corrected chi connectivity index (χ4v) is 3.96. The molecule has 2 N–H and O–H groups in total. The molecule has 0 aliphatic heterocycles. The Kier molecular flexibility index (Phi) is 7.60. The summed E-state index contributed by atoms with van der Waals surface area (Å²) >= 11 is 13.3. The van der Waals surface area contributed by atoms with E-state index >= 15 is 0 Å². The van der Waals surface area contributed by atoms with Crippen LogP contribution in [0.5, 0.6) is 5.75 Å². The maximum Gasteiger partial charge on any atom is 0.416 e. The second kappa shape index (κ2) is 10.2. The number of alkyl halides is 3. The van der Waals surface area contributed by atoms with E-state index in [9.17, 15) is 18.0 Å². The van der Waals surface area contributed by atoms with Crippen molar-refractivity contribution >= 4 is 57.5 Å². The number of hydrogen-bond donors (Lipinski definition) is 2. The Hall–Kier alpha value is -2.82. The van der Waals surface area contributed by atoms with Crippen molar-refractivity contribution in [3.05, 3.63) is 68.6 Å². The number of nitrogens with zero attached hydrogens (tertiary/aromatic N) is 2. The lowest BCUT2D eigenvalue weighted by molar-refractivity contribution is -0.137. The van der Waals surface area contributed by atoms with Crippen molar-refractivity contribution < 1.29 is 22.7 Å². The Labute approximate surface area is 195 Å². The van der Waals surface area contributed by atoms with E-state index in [0.29, 0.717) is 32.2 Å². The molecular weight excluding hydrogens is 488 g/mol.